The molecule has 0 amide bonds. The minimum atomic E-state index is -1.08. The molecule has 0 rings (SSSR count). The van der Waals surface area contributed by atoms with Crippen LogP contribution in [0, 0.1) is 0 Å². The Bertz CT molecular complexity index is 211. The third kappa shape index (κ3) is 1620. The molecule has 124 valence electrons. The van der Waals surface area contributed by atoms with Crippen LogP contribution >= 0.6 is 0 Å². The van der Waals surface area contributed by atoms with Gasteiger partial charge >= 0.3 is 0 Å². The van der Waals surface area contributed by atoms with E-state index in [0.29, 0.717) is 0 Å². The fraction of sp³-hybridized carbons (Fsp3) is 0.500. The number of hydrogen-bond acceptors (Lipinski definition) is 9. The largest absolute Gasteiger partial charge is 0.550 e. The zero-order valence-corrected chi connectivity index (χ0v) is 16.0. The molecule has 11 heteroatoms. The molecule has 0 saturated carbocycles. The number of carboxylic acid groups (broad SMARTS) is 5. The number of rotatable bonds is 0. The topological polar surface area (TPSA) is 198 Å². The van der Waals surface area contributed by atoms with Crippen LogP contribution in [0.1, 0.15) is 34.6 Å². The molecule has 21 heavy (non-hydrogen) atoms. The van der Waals surface area contributed by atoms with E-state index in [9.17, 15) is 0 Å². The Morgan fingerprint density at radius 3 is 0.571 bits per heavy atom. The number of carboxylic acids is 5. The number of carbonyl (C=O) groups is 5. The SMILES string of the molecule is CC(=O)O.CC(=O)[O-].CC(=O)[O-].CC(=O)[O-].CC(=O)[O-].[Pb]. The van der Waals surface area contributed by atoms with Crippen LogP contribution in [0.2, 0.25) is 0 Å². The van der Waals surface area contributed by atoms with Crippen molar-refractivity contribution in [2.75, 3.05) is 0 Å². The standard InChI is InChI=1S/5C2H4O2.Pb/c5*1-2(3)4;/h5*1H3,(H,3,4);/p-4. The Balaban J connectivity index is -0.0000000331. The molecule has 0 spiro atoms. The molecule has 10 nitrogen and oxygen atoms in total. The second-order valence-electron chi connectivity index (χ2n) is 2.49. The average Bonchev–Trinajstić information content (AvgIpc) is 1.94. The van der Waals surface area contributed by atoms with Gasteiger partial charge in [0.25, 0.3) is 5.97 Å². The quantitative estimate of drug-likeness (QED) is 0.312. The summed E-state index contributed by atoms with van der Waals surface area (Å²) in [5.41, 5.74) is 0. The van der Waals surface area contributed by atoms with Crippen molar-refractivity contribution >= 4 is 57.1 Å². The molecule has 0 aliphatic heterocycles. The second kappa shape index (κ2) is 30.9. The van der Waals surface area contributed by atoms with Crippen molar-refractivity contribution in [2.24, 2.45) is 0 Å². The maximum absolute atomic E-state index is 9.00. The van der Waals surface area contributed by atoms with Crippen molar-refractivity contribution in [1.82, 2.24) is 0 Å². The summed E-state index contributed by atoms with van der Waals surface area (Å²) in [5, 5.41) is 43.0. The fourth-order valence-corrected chi connectivity index (χ4v) is 0. The van der Waals surface area contributed by atoms with Crippen LogP contribution in [0.15, 0.2) is 0 Å². The molecule has 0 atom stereocenters. The predicted octanol–water partition coefficient (Wildman–Crippen LogP) is -5.27. The van der Waals surface area contributed by atoms with Crippen LogP contribution in [0.5, 0.6) is 0 Å². The van der Waals surface area contributed by atoms with Gasteiger partial charge in [-0.05, 0) is 27.7 Å². The first-order valence-corrected chi connectivity index (χ1v) is 4.56. The van der Waals surface area contributed by atoms with Crippen LogP contribution in [-0.2, 0) is 24.0 Å². The molecular formula is C10H16O10Pb-4. The van der Waals surface area contributed by atoms with Crippen molar-refractivity contribution in [2.45, 2.75) is 34.6 Å². The van der Waals surface area contributed by atoms with E-state index in [1.165, 1.54) is 0 Å². The summed E-state index contributed by atoms with van der Waals surface area (Å²) in [4.78, 5) is 44.6. The van der Waals surface area contributed by atoms with E-state index in [4.69, 9.17) is 49.5 Å². The molecular weight excluding hydrogens is 487 g/mol. The van der Waals surface area contributed by atoms with Crippen LogP contribution in [0.3, 0.4) is 0 Å². The predicted molar refractivity (Wildman–Crippen MR) is 61.8 cm³/mol. The van der Waals surface area contributed by atoms with E-state index in [2.05, 4.69) is 0 Å². The third-order valence-electron chi connectivity index (χ3n) is 0. The Hall–Kier alpha value is -1.73. The molecule has 0 aromatic carbocycles. The van der Waals surface area contributed by atoms with Gasteiger partial charge in [0, 0.05) is 58.1 Å². The van der Waals surface area contributed by atoms with E-state index in [-0.39, 0.29) is 27.3 Å². The van der Waals surface area contributed by atoms with E-state index >= 15 is 0 Å². The normalized spacial score (nSPS) is 5.95. The summed E-state index contributed by atoms with van der Waals surface area (Å²) >= 11 is 0. The average molecular weight is 503 g/mol. The zero-order chi connectivity index (χ0) is 17.9. The number of aliphatic carboxylic acids is 5. The molecule has 0 aromatic rings. The van der Waals surface area contributed by atoms with Crippen LogP contribution in [0.25, 0.3) is 0 Å². The molecule has 0 fully saturated rings. The first-order valence-electron chi connectivity index (χ1n) is 4.56. The van der Waals surface area contributed by atoms with Gasteiger partial charge in [0.1, 0.15) is 0 Å². The molecule has 0 bridgehead atoms. The summed E-state index contributed by atoms with van der Waals surface area (Å²) in [6, 6.07) is 0. The van der Waals surface area contributed by atoms with E-state index < -0.39 is 29.8 Å². The molecule has 4 radical (unpaired) electrons. The second-order valence-corrected chi connectivity index (χ2v) is 2.49. The number of hydrogen-bond donors (Lipinski definition) is 1. The smallest absolute Gasteiger partial charge is 0.300 e. The van der Waals surface area contributed by atoms with Gasteiger partial charge in [-0.25, -0.2) is 0 Å². The van der Waals surface area contributed by atoms with Crippen molar-refractivity contribution in [3.8, 4) is 0 Å². The molecule has 0 unspecified atom stereocenters. The maximum Gasteiger partial charge on any atom is 0.300 e. The van der Waals surface area contributed by atoms with Gasteiger partial charge in [-0.1, -0.05) is 0 Å². The van der Waals surface area contributed by atoms with Crippen LogP contribution in [-0.4, -0.2) is 62.3 Å². The Morgan fingerprint density at radius 2 is 0.571 bits per heavy atom. The van der Waals surface area contributed by atoms with E-state index in [1.807, 2.05) is 0 Å². The van der Waals surface area contributed by atoms with Gasteiger partial charge in [-0.2, -0.15) is 0 Å². The summed E-state index contributed by atoms with van der Waals surface area (Å²) in [5.74, 6) is -5.17. The zero-order valence-electron chi connectivity index (χ0n) is 12.1. The third-order valence-corrected chi connectivity index (χ3v) is 0. The van der Waals surface area contributed by atoms with Gasteiger partial charge in [0.05, 0.1) is 0 Å². The van der Waals surface area contributed by atoms with Crippen LogP contribution < -0.4 is 20.4 Å². The minimum Gasteiger partial charge on any atom is -0.550 e. The fourth-order valence-electron chi connectivity index (χ4n) is 0. The van der Waals surface area contributed by atoms with Gasteiger partial charge in [0.15, 0.2) is 0 Å². The van der Waals surface area contributed by atoms with E-state index in [0.717, 1.165) is 34.6 Å². The summed E-state index contributed by atoms with van der Waals surface area (Å²) < 4.78 is 0. The summed E-state index contributed by atoms with van der Waals surface area (Å²) in [7, 11) is 0. The Kier molecular flexibility index (Phi) is 53.8. The molecule has 0 aliphatic carbocycles. The first-order chi connectivity index (χ1) is 8.66. The number of carbonyl (C=O) groups excluding carboxylic acids is 4. The van der Waals surface area contributed by atoms with Crippen molar-refractivity contribution in [1.29, 1.82) is 0 Å². The monoisotopic (exact) mass is 504 g/mol. The summed E-state index contributed by atoms with van der Waals surface area (Å²) in [6.45, 7) is 4.97. The molecule has 0 heterocycles. The van der Waals surface area contributed by atoms with Crippen LogP contribution in [0.4, 0.5) is 0 Å². The van der Waals surface area contributed by atoms with Gasteiger partial charge in [-0.15, -0.1) is 0 Å². The molecule has 0 aromatic heterocycles. The van der Waals surface area contributed by atoms with Crippen molar-refractivity contribution < 1.29 is 49.5 Å². The van der Waals surface area contributed by atoms with Crippen molar-refractivity contribution in [3.63, 3.8) is 0 Å². The molecule has 0 saturated heterocycles. The van der Waals surface area contributed by atoms with E-state index in [1.54, 1.807) is 0 Å². The molecule has 1 N–H and O–H groups in total. The van der Waals surface area contributed by atoms with Gasteiger partial charge in [-0.3, -0.25) is 4.79 Å². The Morgan fingerprint density at radius 1 is 0.571 bits per heavy atom. The molecule has 0 aliphatic rings. The maximum atomic E-state index is 9.00. The van der Waals surface area contributed by atoms with Gasteiger partial charge in [0.2, 0.25) is 0 Å². The first kappa shape index (κ1) is 36.5. The minimum absolute atomic E-state index is 0. The Labute approximate surface area is 141 Å². The van der Waals surface area contributed by atoms with Crippen molar-refractivity contribution in [3.05, 3.63) is 0 Å². The summed E-state index contributed by atoms with van der Waals surface area (Å²) in [6.07, 6.45) is 0. The van der Waals surface area contributed by atoms with Gasteiger partial charge < -0.3 is 44.7 Å².